The van der Waals surface area contributed by atoms with Gasteiger partial charge in [0.2, 0.25) is 5.91 Å². The lowest BCUT2D eigenvalue weighted by Gasteiger charge is -2.33. The van der Waals surface area contributed by atoms with Gasteiger partial charge in [0.25, 0.3) is 0 Å². The highest BCUT2D eigenvalue weighted by Gasteiger charge is 2.28. The van der Waals surface area contributed by atoms with Gasteiger partial charge in [-0.05, 0) is 56.8 Å². The van der Waals surface area contributed by atoms with Gasteiger partial charge >= 0.3 is 0 Å². The summed E-state index contributed by atoms with van der Waals surface area (Å²) in [5, 5.41) is 0. The number of hydrogen-bond donors (Lipinski definition) is 0. The monoisotopic (exact) mass is 365 g/mol. The van der Waals surface area contributed by atoms with Crippen molar-refractivity contribution in [2.45, 2.75) is 38.5 Å². The van der Waals surface area contributed by atoms with Crippen molar-refractivity contribution in [2.24, 2.45) is 0 Å². The zero-order chi connectivity index (χ0) is 18.6. The van der Waals surface area contributed by atoms with E-state index < -0.39 is 0 Å². The number of amides is 1. The van der Waals surface area contributed by atoms with Crippen molar-refractivity contribution in [2.75, 3.05) is 32.7 Å². The average Bonchev–Trinajstić information content (AvgIpc) is 3.24. The van der Waals surface area contributed by atoms with Crippen LogP contribution in [0, 0.1) is 6.92 Å². The molecule has 0 saturated carbocycles. The van der Waals surface area contributed by atoms with Crippen molar-refractivity contribution in [3.63, 3.8) is 0 Å². The summed E-state index contributed by atoms with van der Waals surface area (Å²) < 4.78 is 0. The fourth-order valence-electron chi connectivity index (χ4n) is 4.23. The number of aryl methyl sites for hydroxylation is 1. The minimum absolute atomic E-state index is 0.279. The molecule has 2 fully saturated rings. The van der Waals surface area contributed by atoms with Crippen LogP contribution in [0.1, 0.15) is 43.1 Å². The largest absolute Gasteiger partial charge is 0.342 e. The fraction of sp³-hybridized carbons (Fsp3) is 0.524. The number of carbonyl (C=O) groups excluding carboxylic acids is 1. The summed E-state index contributed by atoms with van der Waals surface area (Å²) >= 11 is 0. The molecule has 6 heteroatoms. The Morgan fingerprint density at radius 2 is 1.93 bits per heavy atom. The number of nitrogens with zero attached hydrogens (tertiary/aromatic N) is 5. The van der Waals surface area contributed by atoms with Crippen molar-refractivity contribution in [3.8, 4) is 11.1 Å². The minimum Gasteiger partial charge on any atom is -0.342 e. The summed E-state index contributed by atoms with van der Waals surface area (Å²) in [4.78, 5) is 30.2. The van der Waals surface area contributed by atoms with Gasteiger partial charge in [-0.15, -0.1) is 0 Å². The van der Waals surface area contributed by atoms with E-state index in [4.69, 9.17) is 4.98 Å². The third-order valence-electron chi connectivity index (χ3n) is 5.64. The second-order valence-corrected chi connectivity index (χ2v) is 7.61. The van der Waals surface area contributed by atoms with Gasteiger partial charge in [-0.3, -0.25) is 14.7 Å². The van der Waals surface area contributed by atoms with Crippen LogP contribution in [0.3, 0.4) is 0 Å². The third-order valence-corrected chi connectivity index (χ3v) is 5.64. The molecule has 2 aromatic heterocycles. The first-order valence-corrected chi connectivity index (χ1v) is 9.95. The molecule has 0 N–H and O–H groups in total. The quantitative estimate of drug-likeness (QED) is 0.834. The van der Waals surface area contributed by atoms with Gasteiger partial charge in [-0.2, -0.15) is 0 Å². The van der Waals surface area contributed by atoms with Crippen LogP contribution in [0.2, 0.25) is 0 Å². The first-order valence-electron chi connectivity index (χ1n) is 9.95. The Balaban J connectivity index is 1.52. The molecule has 0 aliphatic carbocycles. The Kier molecular flexibility index (Phi) is 5.43. The Morgan fingerprint density at radius 1 is 1.15 bits per heavy atom. The summed E-state index contributed by atoms with van der Waals surface area (Å²) in [6, 6.07) is 4.02. The maximum Gasteiger partial charge on any atom is 0.236 e. The highest BCUT2D eigenvalue weighted by molar-refractivity contribution is 5.78. The molecule has 1 amide bonds. The molecule has 27 heavy (non-hydrogen) atoms. The standard InChI is InChI=1S/C21H27N5O/c1-16-23-13-19(17-6-8-22-9-7-17)21(24-16)18-5-4-10-25(14-18)15-20(27)26-11-2-3-12-26/h6-9,13,18H,2-5,10-12,14-15H2,1H3/t18-/m0/s1. The lowest BCUT2D eigenvalue weighted by Crippen LogP contribution is -2.43. The topological polar surface area (TPSA) is 62.2 Å². The van der Waals surface area contributed by atoms with E-state index in [2.05, 4.69) is 14.9 Å². The Labute approximate surface area is 160 Å². The number of piperidine rings is 1. The number of rotatable bonds is 4. The molecule has 2 aliphatic heterocycles. The molecular formula is C21H27N5O. The zero-order valence-corrected chi connectivity index (χ0v) is 16.0. The predicted molar refractivity (Wildman–Crippen MR) is 104 cm³/mol. The number of aromatic nitrogens is 3. The van der Waals surface area contributed by atoms with Gasteiger partial charge in [-0.1, -0.05) is 0 Å². The zero-order valence-electron chi connectivity index (χ0n) is 16.0. The van der Waals surface area contributed by atoms with Crippen molar-refractivity contribution >= 4 is 5.91 Å². The van der Waals surface area contributed by atoms with Gasteiger partial charge in [-0.25, -0.2) is 9.97 Å². The van der Waals surface area contributed by atoms with E-state index in [1.807, 2.05) is 30.2 Å². The van der Waals surface area contributed by atoms with E-state index in [1.54, 1.807) is 12.4 Å². The lowest BCUT2D eigenvalue weighted by atomic mass is 9.90. The number of pyridine rings is 1. The lowest BCUT2D eigenvalue weighted by molar-refractivity contribution is -0.131. The van der Waals surface area contributed by atoms with Crippen LogP contribution in [-0.4, -0.2) is 63.4 Å². The molecule has 2 aromatic rings. The summed E-state index contributed by atoms with van der Waals surface area (Å²) in [5.41, 5.74) is 3.29. The van der Waals surface area contributed by atoms with Crippen LogP contribution in [0.25, 0.3) is 11.1 Å². The Morgan fingerprint density at radius 3 is 2.70 bits per heavy atom. The second-order valence-electron chi connectivity index (χ2n) is 7.61. The average molecular weight is 365 g/mol. The molecule has 0 bridgehead atoms. The molecule has 1 atom stereocenters. The smallest absolute Gasteiger partial charge is 0.236 e. The predicted octanol–water partition coefficient (Wildman–Crippen LogP) is 2.65. The van der Waals surface area contributed by atoms with Gasteiger partial charge in [0.05, 0.1) is 12.2 Å². The molecule has 0 aromatic carbocycles. The van der Waals surface area contributed by atoms with E-state index in [0.29, 0.717) is 12.5 Å². The summed E-state index contributed by atoms with van der Waals surface area (Å²) in [7, 11) is 0. The molecule has 0 unspecified atom stereocenters. The van der Waals surface area contributed by atoms with E-state index in [9.17, 15) is 4.79 Å². The Hall–Kier alpha value is -2.34. The van der Waals surface area contributed by atoms with E-state index in [0.717, 1.165) is 74.5 Å². The Bertz CT molecular complexity index is 788. The SMILES string of the molecule is Cc1ncc(-c2ccncc2)c([C@H]2CCCN(CC(=O)N3CCCC3)C2)n1. The maximum absolute atomic E-state index is 12.6. The number of carbonyl (C=O) groups is 1. The molecule has 6 nitrogen and oxygen atoms in total. The normalized spacial score (nSPS) is 20.8. The van der Waals surface area contributed by atoms with E-state index >= 15 is 0 Å². The van der Waals surface area contributed by atoms with Gasteiger partial charge < -0.3 is 4.90 Å². The van der Waals surface area contributed by atoms with E-state index in [-0.39, 0.29) is 5.91 Å². The second kappa shape index (κ2) is 8.13. The molecule has 142 valence electrons. The van der Waals surface area contributed by atoms with Crippen LogP contribution in [0.4, 0.5) is 0 Å². The summed E-state index contributed by atoms with van der Waals surface area (Å²) in [5.74, 6) is 1.41. The number of hydrogen-bond acceptors (Lipinski definition) is 5. The van der Waals surface area contributed by atoms with Crippen molar-refractivity contribution in [1.82, 2.24) is 24.8 Å². The first-order chi connectivity index (χ1) is 13.2. The van der Waals surface area contributed by atoms with Crippen LogP contribution in [0.5, 0.6) is 0 Å². The molecule has 0 spiro atoms. The van der Waals surface area contributed by atoms with Crippen LogP contribution < -0.4 is 0 Å². The minimum atomic E-state index is 0.279. The first kappa shape index (κ1) is 18.0. The van der Waals surface area contributed by atoms with Gasteiger partial charge in [0.1, 0.15) is 5.82 Å². The highest BCUT2D eigenvalue weighted by Crippen LogP contribution is 2.32. The molecule has 4 heterocycles. The maximum atomic E-state index is 12.6. The van der Waals surface area contributed by atoms with Crippen LogP contribution in [-0.2, 0) is 4.79 Å². The van der Waals surface area contributed by atoms with Crippen LogP contribution in [0.15, 0.2) is 30.7 Å². The van der Waals surface area contributed by atoms with Crippen LogP contribution >= 0.6 is 0 Å². The highest BCUT2D eigenvalue weighted by atomic mass is 16.2. The summed E-state index contributed by atoms with van der Waals surface area (Å²) in [6.45, 7) is 6.20. The molecule has 0 radical (unpaired) electrons. The number of likely N-dealkylation sites (tertiary alicyclic amines) is 2. The van der Waals surface area contributed by atoms with Crippen molar-refractivity contribution in [3.05, 3.63) is 42.2 Å². The van der Waals surface area contributed by atoms with E-state index in [1.165, 1.54) is 0 Å². The molecule has 4 rings (SSSR count). The summed E-state index contributed by atoms with van der Waals surface area (Å²) in [6.07, 6.45) is 10.0. The molecule has 2 saturated heterocycles. The van der Waals surface area contributed by atoms with Crippen molar-refractivity contribution in [1.29, 1.82) is 0 Å². The molecule has 2 aliphatic rings. The fourth-order valence-corrected chi connectivity index (χ4v) is 4.23. The van der Waals surface area contributed by atoms with Gasteiger partial charge in [0.15, 0.2) is 0 Å². The van der Waals surface area contributed by atoms with Gasteiger partial charge in [0, 0.05) is 49.7 Å². The van der Waals surface area contributed by atoms with Crippen molar-refractivity contribution < 1.29 is 4.79 Å². The molecular weight excluding hydrogens is 338 g/mol. The third kappa shape index (κ3) is 4.16.